The Morgan fingerprint density at radius 3 is 2.88 bits per heavy atom. The maximum Gasteiger partial charge on any atom is 0.237 e. The van der Waals surface area contributed by atoms with Crippen LogP contribution in [0.2, 0.25) is 0 Å². The van der Waals surface area contributed by atoms with Crippen LogP contribution in [0.15, 0.2) is 0 Å². The van der Waals surface area contributed by atoms with E-state index in [-0.39, 0.29) is 18.1 Å². The van der Waals surface area contributed by atoms with Crippen molar-refractivity contribution in [1.82, 2.24) is 5.32 Å². The van der Waals surface area contributed by atoms with Crippen molar-refractivity contribution < 1.29 is 14.3 Å². The van der Waals surface area contributed by atoms with E-state index in [1.807, 2.05) is 6.92 Å². The first kappa shape index (κ1) is 14.4. The van der Waals surface area contributed by atoms with Gasteiger partial charge >= 0.3 is 0 Å². The highest BCUT2D eigenvalue weighted by Crippen LogP contribution is 2.17. The van der Waals surface area contributed by atoms with Crippen molar-refractivity contribution in [3.05, 3.63) is 0 Å². The predicted molar refractivity (Wildman–Crippen MR) is 65.7 cm³/mol. The quantitative estimate of drug-likeness (QED) is 0.681. The highest BCUT2D eigenvalue weighted by atomic mass is 16.5. The number of rotatable bonds is 7. The summed E-state index contributed by atoms with van der Waals surface area (Å²) >= 11 is 0. The first-order valence-corrected chi connectivity index (χ1v) is 6.20. The number of nitrogens with two attached hydrogens (primary N) is 1. The van der Waals surface area contributed by atoms with E-state index in [2.05, 4.69) is 5.32 Å². The van der Waals surface area contributed by atoms with Gasteiger partial charge in [-0.25, -0.2) is 0 Å². The monoisotopic (exact) mass is 244 g/mol. The van der Waals surface area contributed by atoms with Crippen molar-refractivity contribution in [1.29, 1.82) is 0 Å². The molecule has 3 atom stereocenters. The second-order valence-corrected chi connectivity index (χ2v) is 4.93. The zero-order valence-corrected chi connectivity index (χ0v) is 11.0. The van der Waals surface area contributed by atoms with Crippen molar-refractivity contribution in [3.63, 3.8) is 0 Å². The van der Waals surface area contributed by atoms with Crippen molar-refractivity contribution in [2.24, 2.45) is 5.73 Å². The summed E-state index contributed by atoms with van der Waals surface area (Å²) in [6.45, 7) is 5.17. The number of nitrogens with one attached hydrogen (secondary N) is 1. The number of carbonyl (C=O) groups is 1. The number of likely N-dealkylation sites (N-methyl/N-ethyl adjacent to an activating group) is 1. The first-order chi connectivity index (χ1) is 7.98. The molecule has 0 radical (unpaired) electrons. The predicted octanol–water partition coefficient (Wildman–Crippen LogP) is 0.424. The van der Waals surface area contributed by atoms with Gasteiger partial charge in [-0.3, -0.25) is 4.79 Å². The van der Waals surface area contributed by atoms with E-state index >= 15 is 0 Å². The molecule has 0 bridgehead atoms. The molecule has 0 aromatic heterocycles. The zero-order valence-electron chi connectivity index (χ0n) is 11.0. The summed E-state index contributed by atoms with van der Waals surface area (Å²) in [5.74, 6) is -0.354. The lowest BCUT2D eigenvalue weighted by Gasteiger charge is -2.29. The first-order valence-electron chi connectivity index (χ1n) is 6.20. The molecule has 0 aromatic rings. The van der Waals surface area contributed by atoms with Gasteiger partial charge in [0.25, 0.3) is 0 Å². The van der Waals surface area contributed by atoms with Crippen molar-refractivity contribution >= 4 is 5.91 Å². The van der Waals surface area contributed by atoms with Gasteiger partial charge in [0, 0.05) is 13.0 Å². The Balaban J connectivity index is 2.31. The standard InChI is InChI=1S/C12H24N2O3/c1-9(7-12(2,14-3)11(13)15)17-8-10-5-4-6-16-10/h9-10,14H,4-8H2,1-3H3,(H2,13,15). The Hall–Kier alpha value is -0.650. The van der Waals surface area contributed by atoms with Gasteiger partial charge in [0.1, 0.15) is 0 Å². The molecule has 1 amide bonds. The lowest BCUT2D eigenvalue weighted by Crippen LogP contribution is -2.53. The highest BCUT2D eigenvalue weighted by molar-refractivity contribution is 5.84. The fourth-order valence-electron chi connectivity index (χ4n) is 2.01. The fourth-order valence-corrected chi connectivity index (χ4v) is 2.01. The van der Waals surface area contributed by atoms with Gasteiger partial charge in [0.2, 0.25) is 5.91 Å². The molecular formula is C12H24N2O3. The maximum absolute atomic E-state index is 11.3. The van der Waals surface area contributed by atoms with Gasteiger partial charge in [0.05, 0.1) is 24.4 Å². The molecule has 1 aliphatic rings. The third-order valence-corrected chi connectivity index (χ3v) is 3.38. The Morgan fingerprint density at radius 2 is 2.41 bits per heavy atom. The number of hydrogen-bond donors (Lipinski definition) is 2. The molecule has 100 valence electrons. The van der Waals surface area contributed by atoms with Crippen LogP contribution in [0, 0.1) is 0 Å². The molecule has 0 aliphatic carbocycles. The van der Waals surface area contributed by atoms with E-state index in [1.165, 1.54) is 0 Å². The normalized spacial score (nSPS) is 25.5. The number of ether oxygens (including phenoxy) is 2. The van der Waals surface area contributed by atoms with E-state index < -0.39 is 5.54 Å². The average molecular weight is 244 g/mol. The molecule has 3 N–H and O–H groups in total. The van der Waals surface area contributed by atoms with Crippen molar-refractivity contribution in [3.8, 4) is 0 Å². The second-order valence-electron chi connectivity index (χ2n) is 4.93. The topological polar surface area (TPSA) is 73.6 Å². The van der Waals surface area contributed by atoms with Crippen LogP contribution in [0.4, 0.5) is 0 Å². The number of carbonyl (C=O) groups excluding carboxylic acids is 1. The van der Waals surface area contributed by atoms with Gasteiger partial charge in [-0.1, -0.05) is 0 Å². The average Bonchev–Trinajstić information content (AvgIpc) is 2.78. The van der Waals surface area contributed by atoms with Gasteiger partial charge in [-0.15, -0.1) is 0 Å². The molecule has 3 unspecified atom stereocenters. The molecule has 1 fully saturated rings. The van der Waals surface area contributed by atoms with Crippen LogP contribution in [-0.4, -0.2) is 43.9 Å². The molecule has 1 aliphatic heterocycles. The van der Waals surface area contributed by atoms with Crippen LogP contribution >= 0.6 is 0 Å². The minimum atomic E-state index is -0.712. The molecule has 0 aromatic carbocycles. The molecule has 17 heavy (non-hydrogen) atoms. The number of primary amides is 1. The number of amides is 1. The summed E-state index contributed by atoms with van der Waals surface area (Å²) < 4.78 is 11.2. The molecule has 5 heteroatoms. The Morgan fingerprint density at radius 1 is 1.71 bits per heavy atom. The van der Waals surface area contributed by atoms with Crippen LogP contribution in [0.3, 0.4) is 0 Å². The van der Waals surface area contributed by atoms with Gasteiger partial charge in [-0.05, 0) is 33.7 Å². The second kappa shape index (κ2) is 6.33. The molecule has 1 saturated heterocycles. The lowest BCUT2D eigenvalue weighted by atomic mass is 9.94. The fraction of sp³-hybridized carbons (Fsp3) is 0.917. The molecule has 0 saturated carbocycles. The summed E-state index contributed by atoms with van der Waals surface area (Å²) in [5, 5.41) is 2.95. The third-order valence-electron chi connectivity index (χ3n) is 3.38. The minimum absolute atomic E-state index is 0.0239. The van der Waals surface area contributed by atoms with Crippen molar-refractivity contribution in [2.45, 2.75) is 50.9 Å². The van der Waals surface area contributed by atoms with Crippen molar-refractivity contribution in [2.75, 3.05) is 20.3 Å². The van der Waals surface area contributed by atoms with Crippen LogP contribution in [-0.2, 0) is 14.3 Å². The molecule has 5 nitrogen and oxygen atoms in total. The summed E-state index contributed by atoms with van der Waals surface area (Å²) in [6.07, 6.45) is 2.92. The van der Waals surface area contributed by atoms with E-state index in [0.29, 0.717) is 13.0 Å². The highest BCUT2D eigenvalue weighted by Gasteiger charge is 2.31. The van der Waals surface area contributed by atoms with Crippen LogP contribution in [0.25, 0.3) is 0 Å². The SMILES string of the molecule is CNC(C)(CC(C)OCC1CCCO1)C(N)=O. The van der Waals surface area contributed by atoms with Gasteiger partial charge in [-0.2, -0.15) is 0 Å². The van der Waals surface area contributed by atoms with E-state index in [1.54, 1.807) is 14.0 Å². The molecule has 1 rings (SSSR count). The lowest BCUT2D eigenvalue weighted by molar-refractivity contribution is -0.125. The van der Waals surface area contributed by atoms with E-state index in [9.17, 15) is 4.79 Å². The molecular weight excluding hydrogens is 220 g/mol. The Bertz CT molecular complexity index is 254. The minimum Gasteiger partial charge on any atom is -0.376 e. The van der Waals surface area contributed by atoms with Crippen LogP contribution in [0.1, 0.15) is 33.1 Å². The maximum atomic E-state index is 11.3. The van der Waals surface area contributed by atoms with Gasteiger partial charge < -0.3 is 20.5 Å². The smallest absolute Gasteiger partial charge is 0.237 e. The molecule has 0 spiro atoms. The van der Waals surface area contributed by atoms with Gasteiger partial charge in [0.15, 0.2) is 0 Å². The Kier molecular flexibility index (Phi) is 5.36. The summed E-state index contributed by atoms with van der Waals surface area (Å²) in [6, 6.07) is 0. The third kappa shape index (κ3) is 4.26. The van der Waals surface area contributed by atoms with Crippen LogP contribution in [0.5, 0.6) is 0 Å². The molecule has 1 heterocycles. The summed E-state index contributed by atoms with van der Waals surface area (Å²) in [5.41, 5.74) is 4.65. The number of hydrogen-bond acceptors (Lipinski definition) is 4. The summed E-state index contributed by atoms with van der Waals surface area (Å²) in [7, 11) is 1.73. The largest absolute Gasteiger partial charge is 0.376 e. The Labute approximate surface area is 103 Å². The van der Waals surface area contributed by atoms with E-state index in [0.717, 1.165) is 19.4 Å². The zero-order chi connectivity index (χ0) is 12.9. The van der Waals surface area contributed by atoms with E-state index in [4.69, 9.17) is 15.2 Å². The summed E-state index contributed by atoms with van der Waals surface area (Å²) in [4.78, 5) is 11.3. The van der Waals surface area contributed by atoms with Crippen LogP contribution < -0.4 is 11.1 Å².